The van der Waals surface area contributed by atoms with Gasteiger partial charge in [-0.1, -0.05) is 6.07 Å². The van der Waals surface area contributed by atoms with Gasteiger partial charge in [0.25, 0.3) is 0 Å². The molecule has 0 aromatic carbocycles. The van der Waals surface area contributed by atoms with E-state index in [1.807, 2.05) is 18.5 Å². The van der Waals surface area contributed by atoms with Gasteiger partial charge in [-0.05, 0) is 38.1 Å². The fourth-order valence-corrected chi connectivity index (χ4v) is 1.90. The van der Waals surface area contributed by atoms with E-state index >= 15 is 0 Å². The van der Waals surface area contributed by atoms with Crippen LogP contribution in [-0.2, 0) is 4.79 Å². The number of likely N-dealkylation sites (tertiary alicyclic amines) is 1. The maximum atomic E-state index is 9.22. The minimum absolute atomic E-state index is 0.333. The number of rotatable bonds is 1. The van der Waals surface area contributed by atoms with Crippen molar-refractivity contribution >= 4 is 5.91 Å². The zero-order chi connectivity index (χ0) is 12.0. The Balaban J connectivity index is 0.000000280. The zero-order valence-electron chi connectivity index (χ0n) is 9.89. The average molecular weight is 221 g/mol. The zero-order valence-corrected chi connectivity index (χ0v) is 9.89. The molecule has 1 amide bonds. The minimum Gasteiger partial charge on any atom is -0.370 e. The third kappa shape index (κ3) is 3.98. The predicted molar refractivity (Wildman–Crippen MR) is 63.7 cm³/mol. The molecule has 0 bridgehead atoms. The molecule has 88 valence electrons. The second-order valence-electron chi connectivity index (χ2n) is 4.04. The molecule has 1 aromatic heterocycles. The molecule has 4 nitrogen and oxygen atoms in total. The molecule has 2 N–H and O–H groups in total. The van der Waals surface area contributed by atoms with Crippen LogP contribution in [0.4, 0.5) is 0 Å². The van der Waals surface area contributed by atoms with Crippen molar-refractivity contribution in [2.75, 3.05) is 13.6 Å². The summed E-state index contributed by atoms with van der Waals surface area (Å²) in [5.41, 5.74) is 5.83. The molecule has 1 aliphatic heterocycles. The van der Waals surface area contributed by atoms with Gasteiger partial charge < -0.3 is 5.73 Å². The third-order valence-electron chi connectivity index (χ3n) is 2.59. The Bertz CT molecular complexity index is 322. The van der Waals surface area contributed by atoms with Crippen LogP contribution >= 0.6 is 0 Å². The summed E-state index contributed by atoms with van der Waals surface area (Å²) in [5, 5.41) is 0. The van der Waals surface area contributed by atoms with Crippen molar-refractivity contribution in [1.82, 2.24) is 9.88 Å². The lowest BCUT2D eigenvalue weighted by atomic mass is 10.1. The van der Waals surface area contributed by atoms with Crippen LogP contribution in [0.3, 0.4) is 0 Å². The summed E-state index contributed by atoms with van der Waals surface area (Å²) < 4.78 is 0. The smallest absolute Gasteiger partial charge is 0.214 e. The number of hydrogen-bond donors (Lipinski definition) is 1. The second-order valence-corrected chi connectivity index (χ2v) is 4.04. The maximum Gasteiger partial charge on any atom is 0.214 e. The summed E-state index contributed by atoms with van der Waals surface area (Å²) in [6.07, 6.45) is 6.41. The number of carbonyl (C=O) groups excluding carboxylic acids is 1. The SMILES string of the molecule is CC(N)=O.CN1CCCC1c1cccnc1. The van der Waals surface area contributed by atoms with Crippen LogP contribution < -0.4 is 5.73 Å². The highest BCUT2D eigenvalue weighted by molar-refractivity contribution is 5.70. The van der Waals surface area contributed by atoms with Gasteiger partial charge in [-0.3, -0.25) is 14.7 Å². The van der Waals surface area contributed by atoms with Gasteiger partial charge >= 0.3 is 0 Å². The van der Waals surface area contributed by atoms with Crippen molar-refractivity contribution in [2.24, 2.45) is 5.73 Å². The lowest BCUT2D eigenvalue weighted by molar-refractivity contribution is -0.115. The molecule has 1 atom stereocenters. The Morgan fingerprint density at radius 2 is 2.31 bits per heavy atom. The molecule has 2 rings (SSSR count). The number of nitrogens with zero attached hydrogens (tertiary/aromatic N) is 2. The summed E-state index contributed by atoms with van der Waals surface area (Å²) in [7, 11) is 2.19. The van der Waals surface area contributed by atoms with E-state index in [2.05, 4.69) is 28.7 Å². The van der Waals surface area contributed by atoms with Crippen LogP contribution in [-0.4, -0.2) is 29.4 Å². The van der Waals surface area contributed by atoms with Gasteiger partial charge in [0.05, 0.1) is 0 Å². The van der Waals surface area contributed by atoms with Gasteiger partial charge in [0.1, 0.15) is 0 Å². The molecule has 4 heteroatoms. The van der Waals surface area contributed by atoms with Crippen molar-refractivity contribution in [2.45, 2.75) is 25.8 Å². The molecule has 0 spiro atoms. The first-order valence-electron chi connectivity index (χ1n) is 5.47. The Morgan fingerprint density at radius 3 is 2.75 bits per heavy atom. The van der Waals surface area contributed by atoms with E-state index < -0.39 is 0 Å². The highest BCUT2D eigenvalue weighted by atomic mass is 16.1. The van der Waals surface area contributed by atoms with Crippen molar-refractivity contribution in [3.05, 3.63) is 30.1 Å². The van der Waals surface area contributed by atoms with Crippen molar-refractivity contribution < 1.29 is 4.79 Å². The largest absolute Gasteiger partial charge is 0.370 e. The monoisotopic (exact) mass is 221 g/mol. The van der Waals surface area contributed by atoms with E-state index in [0.29, 0.717) is 6.04 Å². The quantitative estimate of drug-likeness (QED) is 0.778. The number of pyridine rings is 1. The third-order valence-corrected chi connectivity index (χ3v) is 2.59. The molecule has 1 unspecified atom stereocenters. The van der Waals surface area contributed by atoms with E-state index in [-0.39, 0.29) is 5.91 Å². The maximum absolute atomic E-state index is 9.22. The number of hydrogen-bond acceptors (Lipinski definition) is 3. The van der Waals surface area contributed by atoms with Crippen LogP contribution in [0.2, 0.25) is 0 Å². The van der Waals surface area contributed by atoms with Crippen molar-refractivity contribution in [3.63, 3.8) is 0 Å². The lowest BCUT2D eigenvalue weighted by Gasteiger charge is -2.18. The molecule has 1 aliphatic rings. The van der Waals surface area contributed by atoms with E-state index in [0.717, 1.165) is 0 Å². The van der Waals surface area contributed by atoms with Crippen molar-refractivity contribution in [3.8, 4) is 0 Å². The first-order valence-corrected chi connectivity index (χ1v) is 5.47. The van der Waals surface area contributed by atoms with Gasteiger partial charge in [-0.15, -0.1) is 0 Å². The molecule has 16 heavy (non-hydrogen) atoms. The highest BCUT2D eigenvalue weighted by Crippen LogP contribution is 2.29. The minimum atomic E-state index is -0.333. The first-order chi connectivity index (χ1) is 7.61. The Morgan fingerprint density at radius 1 is 1.62 bits per heavy atom. The number of carbonyl (C=O) groups is 1. The lowest BCUT2D eigenvalue weighted by Crippen LogP contribution is -2.17. The standard InChI is InChI=1S/C10H14N2.C2H5NO/c1-12-7-3-5-10(12)9-4-2-6-11-8-9;1-2(3)4/h2,4,6,8,10H,3,5,7H2,1H3;1H3,(H2,3,4). The van der Waals surface area contributed by atoms with Gasteiger partial charge in [0, 0.05) is 25.4 Å². The molecule has 1 saturated heterocycles. The van der Waals surface area contributed by atoms with Crippen LogP contribution in [0, 0.1) is 0 Å². The van der Waals surface area contributed by atoms with Gasteiger partial charge in [0.2, 0.25) is 5.91 Å². The second kappa shape index (κ2) is 6.23. The van der Waals surface area contributed by atoms with Gasteiger partial charge in [-0.2, -0.15) is 0 Å². The molecule has 1 fully saturated rings. The van der Waals surface area contributed by atoms with Crippen LogP contribution in [0.25, 0.3) is 0 Å². The van der Waals surface area contributed by atoms with E-state index in [4.69, 9.17) is 0 Å². The molecular weight excluding hydrogens is 202 g/mol. The Hall–Kier alpha value is -1.42. The normalized spacial score (nSPS) is 20.0. The fourth-order valence-electron chi connectivity index (χ4n) is 1.90. The number of aromatic nitrogens is 1. The summed E-state index contributed by atoms with van der Waals surface area (Å²) in [4.78, 5) is 15.8. The first kappa shape index (κ1) is 12.6. The molecule has 0 aliphatic carbocycles. The fraction of sp³-hybridized carbons (Fsp3) is 0.500. The predicted octanol–water partition coefficient (Wildman–Crippen LogP) is 1.34. The van der Waals surface area contributed by atoms with Crippen molar-refractivity contribution in [1.29, 1.82) is 0 Å². The Labute approximate surface area is 96.5 Å². The summed E-state index contributed by atoms with van der Waals surface area (Å²) in [5.74, 6) is -0.333. The van der Waals surface area contributed by atoms with Crippen LogP contribution in [0.1, 0.15) is 31.4 Å². The van der Waals surface area contributed by atoms with E-state index in [1.165, 1.54) is 31.9 Å². The van der Waals surface area contributed by atoms with Crippen LogP contribution in [0.5, 0.6) is 0 Å². The summed E-state index contributed by atoms with van der Waals surface area (Å²) in [6.45, 7) is 2.53. The van der Waals surface area contributed by atoms with E-state index in [9.17, 15) is 4.79 Å². The topological polar surface area (TPSA) is 59.2 Å². The summed E-state index contributed by atoms with van der Waals surface area (Å²) >= 11 is 0. The summed E-state index contributed by atoms with van der Waals surface area (Å²) in [6, 6.07) is 4.79. The van der Waals surface area contributed by atoms with Gasteiger partial charge in [0.15, 0.2) is 0 Å². The molecule has 1 aromatic rings. The number of nitrogens with two attached hydrogens (primary N) is 1. The average Bonchev–Trinajstić information content (AvgIpc) is 2.65. The molecular formula is C12H19N3O. The van der Waals surface area contributed by atoms with E-state index in [1.54, 1.807) is 0 Å². The van der Waals surface area contributed by atoms with Crippen LogP contribution in [0.15, 0.2) is 24.5 Å². The molecule has 0 radical (unpaired) electrons. The molecule has 2 heterocycles. The highest BCUT2D eigenvalue weighted by Gasteiger charge is 2.21. The Kier molecular flexibility index (Phi) is 4.92. The number of primary amides is 1. The molecule has 0 saturated carbocycles. The van der Waals surface area contributed by atoms with Gasteiger partial charge in [-0.25, -0.2) is 0 Å². The number of amides is 1.